The maximum atomic E-state index is 5.06. The fourth-order valence-electron chi connectivity index (χ4n) is 2.92. The van der Waals surface area contributed by atoms with Crippen molar-refractivity contribution < 1.29 is 4.99 Å². The monoisotopic (exact) mass is 575 g/mol. The number of benzene rings is 1. The summed E-state index contributed by atoms with van der Waals surface area (Å²) >= 11 is 1.95. The van der Waals surface area contributed by atoms with Gasteiger partial charge in [0.15, 0.2) is 11.3 Å². The van der Waals surface area contributed by atoms with E-state index in [1.165, 1.54) is 22.6 Å². The van der Waals surface area contributed by atoms with E-state index in [0.717, 1.165) is 0 Å². The summed E-state index contributed by atoms with van der Waals surface area (Å²) in [5.41, 5.74) is 2.84. The van der Waals surface area contributed by atoms with Crippen LogP contribution in [0.15, 0.2) is 41.8 Å². The SMILES string of the molecule is C=C1S[C@@H]2C[C@H]1C(C)(C)[NH+]=C2c1ccccc1.[Cl][Sb-]([Cl])([Cl])([Cl])([Cl])[Cl]. The molecule has 0 saturated carbocycles. The topological polar surface area (TPSA) is 14.0 Å². The Balaban J connectivity index is 0.000000256. The first-order valence-electron chi connectivity index (χ1n) is 7.15. The Kier molecular flexibility index (Phi) is 5.96. The summed E-state index contributed by atoms with van der Waals surface area (Å²) in [5.74, 6) is 0.602. The first kappa shape index (κ1) is 21.8. The second kappa shape index (κ2) is 6.56. The van der Waals surface area contributed by atoms with Crippen LogP contribution >= 0.6 is 64.7 Å². The van der Waals surface area contributed by atoms with Crippen LogP contribution in [0.25, 0.3) is 0 Å². The van der Waals surface area contributed by atoms with Crippen LogP contribution in [0.2, 0.25) is 0 Å². The van der Waals surface area contributed by atoms with Gasteiger partial charge in [-0.25, -0.2) is 4.99 Å². The van der Waals surface area contributed by atoms with Gasteiger partial charge >= 0.3 is 62.1 Å². The van der Waals surface area contributed by atoms with Gasteiger partial charge in [-0.1, -0.05) is 24.8 Å². The standard InChI is InChI=1S/C15H17NS.6ClH.Sb/c1-10-12-9-13(17-10)14(16-15(12,2)3)11-7-5-4-6-8-11;;;;;;;/h4-8,12-13H,1,9H2,2-3H3;6*1H;/q;;;;;;;+5/p-5/t12-,13-;;;;;;;/m1......./s1. The van der Waals surface area contributed by atoms with Crippen molar-refractivity contribution in [2.75, 3.05) is 0 Å². The van der Waals surface area contributed by atoms with Gasteiger partial charge < -0.3 is 0 Å². The van der Waals surface area contributed by atoms with Crippen LogP contribution in [0.4, 0.5) is 0 Å². The molecule has 136 valence electrons. The van der Waals surface area contributed by atoms with Crippen LogP contribution in [0.3, 0.4) is 0 Å². The molecule has 1 aromatic carbocycles. The van der Waals surface area contributed by atoms with E-state index < -0.39 is 9.14 Å². The predicted octanol–water partition coefficient (Wildman–Crippen LogP) is 5.74. The first-order valence-corrected chi connectivity index (χ1v) is 27.4. The van der Waals surface area contributed by atoms with Gasteiger partial charge in [0.25, 0.3) is 0 Å². The molecule has 2 atom stereocenters. The molecule has 0 amide bonds. The van der Waals surface area contributed by atoms with Crippen molar-refractivity contribution in [2.45, 2.75) is 31.1 Å². The number of thioether (sulfide) groups is 1. The summed E-state index contributed by atoms with van der Waals surface area (Å²) in [4.78, 5) is 5.08. The zero-order valence-electron chi connectivity index (χ0n) is 13.1. The molecule has 2 aliphatic rings. The summed E-state index contributed by atoms with van der Waals surface area (Å²) in [6, 6.07) is 10.7. The molecule has 24 heavy (non-hydrogen) atoms. The molecule has 1 fully saturated rings. The Labute approximate surface area is 167 Å². The number of fused-ring (bicyclic) bond motifs is 2. The molecule has 0 spiro atoms. The van der Waals surface area contributed by atoms with Crippen LogP contribution in [-0.2, 0) is 0 Å². The number of halogens is 6. The fourth-order valence-corrected chi connectivity index (χ4v) is 4.44. The van der Waals surface area contributed by atoms with Crippen molar-refractivity contribution in [3.8, 4) is 0 Å². The minimum atomic E-state index is -5.42. The van der Waals surface area contributed by atoms with Crippen molar-refractivity contribution in [3.63, 3.8) is 0 Å². The first-order chi connectivity index (χ1) is 10.5. The van der Waals surface area contributed by atoms with Crippen molar-refractivity contribution in [2.24, 2.45) is 5.92 Å². The Morgan fingerprint density at radius 3 is 2.08 bits per heavy atom. The van der Waals surface area contributed by atoms with Crippen LogP contribution in [0.5, 0.6) is 0 Å². The van der Waals surface area contributed by atoms with Gasteiger partial charge in [-0.15, -0.1) is 11.8 Å². The summed E-state index contributed by atoms with van der Waals surface area (Å²) in [6.07, 6.45) is 1.23. The van der Waals surface area contributed by atoms with Gasteiger partial charge in [-0.05, 0) is 23.5 Å². The average Bonchev–Trinajstić information content (AvgIpc) is 2.72. The van der Waals surface area contributed by atoms with Crippen LogP contribution in [-0.4, -0.2) is 25.6 Å². The van der Waals surface area contributed by atoms with Crippen molar-refractivity contribution in [1.82, 2.24) is 0 Å². The minimum absolute atomic E-state index is 0.127. The third-order valence-electron chi connectivity index (χ3n) is 3.87. The van der Waals surface area contributed by atoms with E-state index in [2.05, 4.69) is 55.8 Å². The number of hydrogen-bond donors (Lipinski definition) is 1. The van der Waals surface area contributed by atoms with Gasteiger partial charge in [-0.3, -0.25) is 0 Å². The van der Waals surface area contributed by atoms with Crippen LogP contribution < -0.4 is 4.99 Å². The second-order valence-electron chi connectivity index (χ2n) is 6.45. The molecule has 1 N–H and O–H groups in total. The van der Waals surface area contributed by atoms with Gasteiger partial charge in [0, 0.05) is 19.4 Å². The molecule has 9 heteroatoms. The van der Waals surface area contributed by atoms with Crippen LogP contribution in [0, 0.1) is 5.92 Å². The quantitative estimate of drug-likeness (QED) is 0.420. The summed E-state index contributed by atoms with van der Waals surface area (Å²) < 4.78 is 0. The number of rotatable bonds is 1. The molecule has 0 aliphatic carbocycles. The summed E-state index contributed by atoms with van der Waals surface area (Å²) in [6.45, 7) is 8.80. The molecule has 0 radical (unpaired) electrons. The normalized spacial score (nSPS) is 28.2. The van der Waals surface area contributed by atoms with E-state index in [1.54, 1.807) is 0 Å². The Bertz CT molecular complexity index is 669. The third-order valence-corrected chi connectivity index (χ3v) is 5.17. The van der Waals surface area contributed by atoms with Crippen LogP contribution in [0.1, 0.15) is 25.8 Å². The van der Waals surface area contributed by atoms with Gasteiger partial charge in [0.2, 0.25) is 0 Å². The van der Waals surface area contributed by atoms with E-state index in [-0.39, 0.29) is 5.54 Å². The summed E-state index contributed by atoms with van der Waals surface area (Å²) in [7, 11) is 25.0. The van der Waals surface area contributed by atoms with E-state index in [4.69, 9.17) is 53.0 Å². The van der Waals surface area contributed by atoms with E-state index in [1.807, 2.05) is 11.8 Å². The fraction of sp³-hybridized carbons (Fsp3) is 0.400. The summed E-state index contributed by atoms with van der Waals surface area (Å²) in [5, 5.41) is 0.572. The van der Waals surface area contributed by atoms with Gasteiger partial charge in [0.1, 0.15) is 0 Å². The van der Waals surface area contributed by atoms with E-state index in [0.29, 0.717) is 11.2 Å². The molecule has 3 rings (SSSR count). The molecule has 2 heterocycles. The molecule has 2 aliphatic heterocycles. The Hall–Kier alpha value is 1.54. The predicted molar refractivity (Wildman–Crippen MR) is 115 cm³/mol. The number of nitrogens with one attached hydrogen (secondary N) is 1. The Morgan fingerprint density at radius 2 is 1.58 bits per heavy atom. The molecular formula is C15H18Cl6NSSb. The van der Waals surface area contributed by atoms with Crippen molar-refractivity contribution in [3.05, 3.63) is 47.4 Å². The van der Waals surface area contributed by atoms with Gasteiger partial charge in [-0.2, -0.15) is 0 Å². The molecule has 1 aromatic rings. The Morgan fingerprint density at radius 1 is 1.08 bits per heavy atom. The second-order valence-corrected chi connectivity index (χ2v) is 64.7. The third kappa shape index (κ3) is 7.28. The maximum absolute atomic E-state index is 5.42. The van der Waals surface area contributed by atoms with Gasteiger partial charge in [0.05, 0.1) is 11.2 Å². The van der Waals surface area contributed by atoms with E-state index >= 15 is 0 Å². The molecular weight excluding hydrogens is 561 g/mol. The molecule has 1 saturated heterocycles. The molecule has 2 bridgehead atoms. The molecule has 1 nitrogen and oxygen atoms in total. The van der Waals surface area contributed by atoms with Crippen molar-refractivity contribution >= 4 is 79.6 Å². The van der Waals surface area contributed by atoms with E-state index in [9.17, 15) is 0 Å². The zero-order chi connectivity index (χ0) is 18.5. The molecule has 0 unspecified atom stereocenters. The zero-order valence-corrected chi connectivity index (χ0v) is 21.0. The number of hydrogen-bond acceptors (Lipinski definition) is 1. The molecule has 0 aromatic heterocycles. The van der Waals surface area contributed by atoms with Crippen molar-refractivity contribution in [1.29, 1.82) is 0 Å². The average molecular weight is 579 g/mol.